The van der Waals surface area contributed by atoms with Gasteiger partial charge < -0.3 is 9.80 Å². The fourth-order valence-corrected chi connectivity index (χ4v) is 2.52. The molecule has 1 aliphatic rings. The van der Waals surface area contributed by atoms with Crippen LogP contribution in [0.15, 0.2) is 0 Å². The van der Waals surface area contributed by atoms with Crippen molar-refractivity contribution in [2.45, 2.75) is 26.7 Å². The maximum absolute atomic E-state index is 12.0. The third-order valence-electron chi connectivity index (χ3n) is 3.33. The van der Waals surface area contributed by atoms with Crippen molar-refractivity contribution in [2.24, 2.45) is 5.92 Å². The summed E-state index contributed by atoms with van der Waals surface area (Å²) >= 11 is 3.47. The highest BCUT2D eigenvalue weighted by atomic mass is 79.9. The van der Waals surface area contributed by atoms with Gasteiger partial charge >= 0.3 is 0 Å². The van der Waals surface area contributed by atoms with Crippen molar-refractivity contribution >= 4 is 21.8 Å². The lowest BCUT2D eigenvalue weighted by atomic mass is 10.1. The summed E-state index contributed by atoms with van der Waals surface area (Å²) in [6.45, 7) is 9.17. The average molecular weight is 291 g/mol. The predicted octanol–water partition coefficient (Wildman–Crippen LogP) is 1.96. The molecule has 0 aromatic carbocycles. The van der Waals surface area contributed by atoms with E-state index in [2.05, 4.69) is 27.8 Å². The number of hydrogen-bond donors (Lipinski definition) is 0. The Labute approximate surface area is 107 Å². The van der Waals surface area contributed by atoms with Gasteiger partial charge in [-0.3, -0.25) is 4.79 Å². The minimum absolute atomic E-state index is 0.183. The molecular formula is C12H23BrN2O. The van der Waals surface area contributed by atoms with Gasteiger partial charge in [0.15, 0.2) is 0 Å². The number of alkyl halides is 1. The van der Waals surface area contributed by atoms with E-state index >= 15 is 0 Å². The molecule has 0 aromatic heterocycles. The highest BCUT2D eigenvalue weighted by Crippen LogP contribution is 2.10. The van der Waals surface area contributed by atoms with Crippen molar-refractivity contribution in [1.29, 1.82) is 0 Å². The van der Waals surface area contributed by atoms with Crippen LogP contribution in [0.4, 0.5) is 0 Å². The molecule has 0 saturated carbocycles. The quantitative estimate of drug-likeness (QED) is 0.739. The van der Waals surface area contributed by atoms with Gasteiger partial charge in [0.1, 0.15) is 0 Å². The lowest BCUT2D eigenvalue weighted by Crippen LogP contribution is -2.38. The van der Waals surface area contributed by atoms with Crippen LogP contribution in [0.25, 0.3) is 0 Å². The van der Waals surface area contributed by atoms with Gasteiger partial charge in [0, 0.05) is 37.4 Å². The Hall–Kier alpha value is -0.0900. The molecular weight excluding hydrogens is 268 g/mol. The molecule has 1 unspecified atom stereocenters. The van der Waals surface area contributed by atoms with Gasteiger partial charge in [-0.1, -0.05) is 29.8 Å². The summed E-state index contributed by atoms with van der Waals surface area (Å²) in [7, 11) is 0. The third-order valence-corrected chi connectivity index (χ3v) is 3.69. The van der Waals surface area contributed by atoms with Crippen LogP contribution in [0.1, 0.15) is 26.7 Å². The molecule has 0 aliphatic carbocycles. The number of carbonyl (C=O) groups excluding carboxylic acids is 1. The second kappa shape index (κ2) is 7.28. The predicted molar refractivity (Wildman–Crippen MR) is 70.9 cm³/mol. The minimum Gasteiger partial charge on any atom is -0.341 e. The summed E-state index contributed by atoms with van der Waals surface area (Å²) < 4.78 is 0. The molecule has 1 rings (SSSR count). The Morgan fingerprint density at radius 1 is 1.31 bits per heavy atom. The molecule has 0 bridgehead atoms. The molecule has 0 radical (unpaired) electrons. The van der Waals surface area contributed by atoms with Crippen LogP contribution >= 0.6 is 15.9 Å². The Morgan fingerprint density at radius 2 is 2.06 bits per heavy atom. The van der Waals surface area contributed by atoms with Gasteiger partial charge in [-0.15, -0.1) is 0 Å². The number of nitrogens with zero attached hydrogens (tertiary/aromatic N) is 2. The van der Waals surface area contributed by atoms with Gasteiger partial charge in [-0.25, -0.2) is 0 Å². The second-order valence-corrected chi connectivity index (χ2v) is 5.31. The van der Waals surface area contributed by atoms with Crippen LogP contribution in [0, 0.1) is 5.92 Å². The van der Waals surface area contributed by atoms with Crippen molar-refractivity contribution in [3.63, 3.8) is 0 Å². The lowest BCUT2D eigenvalue weighted by Gasteiger charge is -2.24. The van der Waals surface area contributed by atoms with E-state index in [-0.39, 0.29) is 5.92 Å². The van der Waals surface area contributed by atoms with E-state index < -0.39 is 0 Å². The summed E-state index contributed by atoms with van der Waals surface area (Å²) in [5.74, 6) is 0.519. The fraction of sp³-hybridized carbons (Fsp3) is 0.917. The zero-order chi connectivity index (χ0) is 12.0. The molecule has 1 fully saturated rings. The summed E-state index contributed by atoms with van der Waals surface area (Å²) in [6.07, 6.45) is 2.05. The standard InChI is InChI=1S/C12H23BrN2O/c1-3-11(2)12(16)15-7-4-6-14(8-5-13)9-10-15/h11H,3-10H2,1-2H3. The molecule has 1 saturated heterocycles. The highest BCUT2D eigenvalue weighted by Gasteiger charge is 2.21. The van der Waals surface area contributed by atoms with E-state index in [0.29, 0.717) is 5.91 Å². The van der Waals surface area contributed by atoms with E-state index in [1.807, 2.05) is 11.8 Å². The van der Waals surface area contributed by atoms with Crippen LogP contribution in [0.5, 0.6) is 0 Å². The van der Waals surface area contributed by atoms with E-state index in [0.717, 1.165) is 50.9 Å². The Morgan fingerprint density at radius 3 is 2.69 bits per heavy atom. The van der Waals surface area contributed by atoms with Gasteiger partial charge in [0.25, 0.3) is 0 Å². The monoisotopic (exact) mass is 290 g/mol. The number of carbonyl (C=O) groups is 1. The molecule has 1 amide bonds. The van der Waals surface area contributed by atoms with Gasteiger partial charge in [0.05, 0.1) is 0 Å². The van der Waals surface area contributed by atoms with Crippen LogP contribution in [-0.4, -0.2) is 53.8 Å². The molecule has 94 valence electrons. The Balaban J connectivity index is 2.43. The second-order valence-electron chi connectivity index (χ2n) is 4.52. The maximum Gasteiger partial charge on any atom is 0.225 e. The summed E-state index contributed by atoms with van der Waals surface area (Å²) in [4.78, 5) is 16.5. The van der Waals surface area contributed by atoms with E-state index in [1.54, 1.807) is 0 Å². The molecule has 1 atom stereocenters. The SMILES string of the molecule is CCC(C)C(=O)N1CCCN(CCBr)CC1. The van der Waals surface area contributed by atoms with Crippen molar-refractivity contribution in [1.82, 2.24) is 9.80 Å². The van der Waals surface area contributed by atoms with E-state index in [4.69, 9.17) is 0 Å². The maximum atomic E-state index is 12.0. The fourth-order valence-electron chi connectivity index (χ4n) is 2.02. The van der Waals surface area contributed by atoms with Crippen LogP contribution < -0.4 is 0 Å². The first kappa shape index (κ1) is 14.0. The zero-order valence-electron chi connectivity index (χ0n) is 10.4. The van der Waals surface area contributed by atoms with Crippen LogP contribution in [0.3, 0.4) is 0 Å². The first-order valence-corrected chi connectivity index (χ1v) is 7.38. The number of hydrogen-bond acceptors (Lipinski definition) is 2. The molecule has 0 aromatic rings. The highest BCUT2D eigenvalue weighted by molar-refractivity contribution is 9.09. The first-order valence-electron chi connectivity index (χ1n) is 6.26. The van der Waals surface area contributed by atoms with Crippen molar-refractivity contribution in [3.05, 3.63) is 0 Å². The largest absolute Gasteiger partial charge is 0.341 e. The first-order chi connectivity index (χ1) is 7.69. The van der Waals surface area contributed by atoms with Gasteiger partial charge in [0.2, 0.25) is 5.91 Å². The molecule has 3 nitrogen and oxygen atoms in total. The molecule has 0 N–H and O–H groups in total. The number of halogens is 1. The summed E-state index contributed by atoms with van der Waals surface area (Å²) in [5.41, 5.74) is 0. The lowest BCUT2D eigenvalue weighted by molar-refractivity contribution is -0.134. The van der Waals surface area contributed by atoms with Gasteiger partial charge in [-0.2, -0.15) is 0 Å². The van der Waals surface area contributed by atoms with Crippen molar-refractivity contribution in [2.75, 3.05) is 38.1 Å². The molecule has 4 heteroatoms. The van der Waals surface area contributed by atoms with E-state index in [9.17, 15) is 4.79 Å². The van der Waals surface area contributed by atoms with Crippen molar-refractivity contribution in [3.8, 4) is 0 Å². The van der Waals surface area contributed by atoms with Gasteiger partial charge in [-0.05, 0) is 19.4 Å². The zero-order valence-corrected chi connectivity index (χ0v) is 12.0. The van der Waals surface area contributed by atoms with Crippen LogP contribution in [0.2, 0.25) is 0 Å². The number of amides is 1. The minimum atomic E-state index is 0.183. The summed E-state index contributed by atoms with van der Waals surface area (Å²) in [5, 5.41) is 1.02. The number of rotatable bonds is 4. The topological polar surface area (TPSA) is 23.6 Å². The summed E-state index contributed by atoms with van der Waals surface area (Å²) in [6, 6.07) is 0. The average Bonchev–Trinajstić information content (AvgIpc) is 2.53. The van der Waals surface area contributed by atoms with Crippen LogP contribution in [-0.2, 0) is 4.79 Å². The van der Waals surface area contributed by atoms with Crippen molar-refractivity contribution < 1.29 is 4.79 Å². The molecule has 0 spiro atoms. The Bertz CT molecular complexity index is 223. The van der Waals surface area contributed by atoms with E-state index in [1.165, 1.54) is 0 Å². The third kappa shape index (κ3) is 4.06. The smallest absolute Gasteiger partial charge is 0.225 e. The molecule has 1 heterocycles. The normalized spacial score (nSPS) is 20.6. The molecule has 1 aliphatic heterocycles. The Kier molecular flexibility index (Phi) is 6.36. The molecule has 16 heavy (non-hydrogen) atoms.